The second-order valence-corrected chi connectivity index (χ2v) is 8.10. The first-order chi connectivity index (χ1) is 12.7. The second kappa shape index (κ2) is 6.90. The van der Waals surface area contributed by atoms with Crippen LogP contribution >= 0.6 is 24.0 Å². The predicted octanol–water partition coefficient (Wildman–Crippen LogP) is 2.26. The Labute approximate surface area is 165 Å². The fraction of sp³-hybridized carbons (Fsp3) is 0.278. The Balaban J connectivity index is 2.16. The molecule has 0 saturated carbocycles. The van der Waals surface area contributed by atoms with Crippen molar-refractivity contribution in [2.24, 2.45) is 5.92 Å². The molecular weight excluding hydrogens is 388 g/mol. The zero-order valence-corrected chi connectivity index (χ0v) is 16.4. The summed E-state index contributed by atoms with van der Waals surface area (Å²) in [5.41, 5.74) is 0.928. The Morgan fingerprint density at radius 2 is 1.78 bits per heavy atom. The number of hydrogen-bond acceptors (Lipinski definition) is 6. The average molecular weight is 404 g/mol. The van der Waals surface area contributed by atoms with Gasteiger partial charge in [-0.05, 0) is 12.0 Å². The summed E-state index contributed by atoms with van der Waals surface area (Å²) in [5, 5.41) is 9.52. The Morgan fingerprint density at radius 3 is 2.33 bits per heavy atom. The summed E-state index contributed by atoms with van der Waals surface area (Å²) in [5.74, 6) is -3.26. The summed E-state index contributed by atoms with van der Waals surface area (Å²) in [4.78, 5) is 51.6. The molecule has 0 radical (unpaired) electrons. The third-order valence-electron chi connectivity index (χ3n) is 4.33. The summed E-state index contributed by atoms with van der Waals surface area (Å²) in [6.45, 7) is 4.62. The quantitative estimate of drug-likeness (QED) is 0.610. The minimum atomic E-state index is -1.17. The third kappa shape index (κ3) is 2.96. The maximum Gasteiger partial charge on any atom is 0.327 e. The molecule has 0 unspecified atom stereocenters. The first-order valence-electron chi connectivity index (χ1n) is 8.13. The van der Waals surface area contributed by atoms with Crippen LogP contribution in [-0.2, 0) is 19.2 Å². The van der Waals surface area contributed by atoms with E-state index in [-0.39, 0.29) is 20.7 Å². The van der Waals surface area contributed by atoms with E-state index in [0.717, 1.165) is 21.6 Å². The number of carbonyl (C=O) groups is 4. The Hall–Kier alpha value is -2.52. The number of benzene rings is 1. The van der Waals surface area contributed by atoms with E-state index in [0.29, 0.717) is 11.3 Å². The molecule has 2 heterocycles. The number of carboxylic acid groups (broad SMARTS) is 1. The molecule has 1 N–H and O–H groups in total. The van der Waals surface area contributed by atoms with Crippen LogP contribution in [0.25, 0.3) is 5.57 Å². The molecule has 2 aliphatic rings. The van der Waals surface area contributed by atoms with Crippen molar-refractivity contribution in [1.29, 1.82) is 0 Å². The van der Waals surface area contributed by atoms with Gasteiger partial charge in [0.15, 0.2) is 0 Å². The molecular formula is C18H16N2O5S2. The normalized spacial score (nSPS) is 20.5. The number of amides is 3. The molecule has 0 aliphatic carbocycles. The van der Waals surface area contributed by atoms with Gasteiger partial charge in [-0.2, -0.15) is 0 Å². The van der Waals surface area contributed by atoms with Gasteiger partial charge in [0.2, 0.25) is 5.91 Å². The van der Waals surface area contributed by atoms with E-state index < -0.39 is 29.7 Å². The molecule has 3 amide bonds. The molecule has 0 bridgehead atoms. The number of rotatable bonds is 3. The van der Waals surface area contributed by atoms with Crippen LogP contribution in [0, 0.1) is 5.92 Å². The van der Waals surface area contributed by atoms with Crippen LogP contribution in [-0.4, -0.2) is 44.1 Å². The highest BCUT2D eigenvalue weighted by atomic mass is 32.2. The summed E-state index contributed by atoms with van der Waals surface area (Å²) in [7, 11) is 0. The van der Waals surface area contributed by atoms with Crippen LogP contribution in [0.3, 0.4) is 0 Å². The van der Waals surface area contributed by atoms with Crippen molar-refractivity contribution in [3.05, 3.63) is 34.7 Å². The molecule has 1 atom stereocenters. The van der Waals surface area contributed by atoms with Gasteiger partial charge in [0.05, 0.1) is 16.2 Å². The standard InChI is InChI=1S/C18H16N2O5S2/c1-8(2)13(17(24)25)20-16(23)14(27-18(20)26)12-10-6-4-5-7-11(10)19(9(3)21)15(12)22/h4-8,13H,1-3H3,(H,24,25)/b14-12+/t13-/m1/s1. The van der Waals surface area contributed by atoms with Gasteiger partial charge in [-0.1, -0.05) is 56.0 Å². The van der Waals surface area contributed by atoms with Gasteiger partial charge < -0.3 is 5.11 Å². The number of hydrogen-bond donors (Lipinski definition) is 1. The summed E-state index contributed by atoms with van der Waals surface area (Å²) < 4.78 is 0.0788. The van der Waals surface area contributed by atoms with Crippen molar-refractivity contribution in [2.45, 2.75) is 26.8 Å². The molecule has 1 fully saturated rings. The van der Waals surface area contributed by atoms with Gasteiger partial charge in [0, 0.05) is 12.5 Å². The van der Waals surface area contributed by atoms with Gasteiger partial charge in [0.25, 0.3) is 11.8 Å². The number of imide groups is 1. The van der Waals surface area contributed by atoms with Crippen LogP contribution in [0.5, 0.6) is 0 Å². The molecule has 140 valence electrons. The molecule has 9 heteroatoms. The lowest BCUT2D eigenvalue weighted by molar-refractivity contribution is -0.146. The molecule has 0 aromatic heterocycles. The maximum atomic E-state index is 13.0. The third-order valence-corrected chi connectivity index (χ3v) is 5.74. The number of aliphatic carboxylic acids is 1. The van der Waals surface area contributed by atoms with Crippen molar-refractivity contribution >= 4 is 63.3 Å². The van der Waals surface area contributed by atoms with E-state index in [2.05, 4.69) is 0 Å². The summed E-state index contributed by atoms with van der Waals surface area (Å²) in [6, 6.07) is 5.53. The van der Waals surface area contributed by atoms with E-state index >= 15 is 0 Å². The number of thioether (sulfide) groups is 1. The van der Waals surface area contributed by atoms with Gasteiger partial charge in [0.1, 0.15) is 10.4 Å². The molecule has 1 aromatic carbocycles. The number of para-hydroxylation sites is 1. The lowest BCUT2D eigenvalue weighted by Crippen LogP contribution is -2.47. The highest BCUT2D eigenvalue weighted by Gasteiger charge is 2.47. The molecule has 0 spiro atoms. The SMILES string of the molecule is CC(=O)N1C(=O)/C(=C2/SC(=S)N([C@@H](C(=O)O)C(C)C)C2=O)c2ccccc21. The van der Waals surface area contributed by atoms with E-state index in [1.165, 1.54) is 6.92 Å². The first kappa shape index (κ1) is 19.2. The van der Waals surface area contributed by atoms with Gasteiger partial charge >= 0.3 is 5.97 Å². The van der Waals surface area contributed by atoms with Crippen LogP contribution in [0.15, 0.2) is 29.2 Å². The lowest BCUT2D eigenvalue weighted by atomic mass is 10.0. The lowest BCUT2D eigenvalue weighted by Gasteiger charge is -2.26. The van der Waals surface area contributed by atoms with E-state index in [1.54, 1.807) is 38.1 Å². The van der Waals surface area contributed by atoms with E-state index in [9.17, 15) is 24.3 Å². The van der Waals surface area contributed by atoms with Crippen molar-refractivity contribution in [2.75, 3.05) is 4.90 Å². The van der Waals surface area contributed by atoms with E-state index in [1.807, 2.05) is 0 Å². The Morgan fingerprint density at radius 1 is 1.15 bits per heavy atom. The van der Waals surface area contributed by atoms with E-state index in [4.69, 9.17) is 12.2 Å². The molecule has 3 rings (SSSR count). The van der Waals surface area contributed by atoms with Gasteiger partial charge in [-0.25, -0.2) is 9.69 Å². The second-order valence-electron chi connectivity index (χ2n) is 6.45. The first-order valence-corrected chi connectivity index (χ1v) is 9.36. The average Bonchev–Trinajstić information content (AvgIpc) is 3.01. The zero-order valence-electron chi connectivity index (χ0n) is 14.8. The molecule has 7 nitrogen and oxygen atoms in total. The zero-order chi connectivity index (χ0) is 20.0. The minimum Gasteiger partial charge on any atom is -0.480 e. The monoisotopic (exact) mass is 404 g/mol. The molecule has 27 heavy (non-hydrogen) atoms. The fourth-order valence-electron chi connectivity index (χ4n) is 3.21. The molecule has 1 saturated heterocycles. The Kier molecular flexibility index (Phi) is 4.92. The number of nitrogens with zero attached hydrogens (tertiary/aromatic N) is 2. The van der Waals surface area contributed by atoms with Crippen molar-refractivity contribution in [3.63, 3.8) is 0 Å². The topological polar surface area (TPSA) is 95.0 Å². The number of carbonyl (C=O) groups excluding carboxylic acids is 3. The Bertz CT molecular complexity index is 937. The minimum absolute atomic E-state index is 0.0492. The predicted molar refractivity (Wildman–Crippen MR) is 105 cm³/mol. The van der Waals surface area contributed by atoms with Crippen LogP contribution in [0.1, 0.15) is 26.3 Å². The number of anilines is 1. The summed E-state index contributed by atoms with van der Waals surface area (Å²) in [6.07, 6.45) is 0. The highest BCUT2D eigenvalue weighted by molar-refractivity contribution is 8.26. The fourth-order valence-corrected chi connectivity index (χ4v) is 4.61. The van der Waals surface area contributed by atoms with Crippen LogP contribution in [0.2, 0.25) is 0 Å². The van der Waals surface area contributed by atoms with Crippen molar-refractivity contribution in [3.8, 4) is 0 Å². The number of carboxylic acids is 1. The largest absolute Gasteiger partial charge is 0.480 e. The van der Waals surface area contributed by atoms with Gasteiger partial charge in [-0.3, -0.25) is 19.3 Å². The van der Waals surface area contributed by atoms with Crippen molar-refractivity contribution < 1.29 is 24.3 Å². The summed E-state index contributed by atoms with van der Waals surface area (Å²) >= 11 is 6.13. The molecule has 2 aliphatic heterocycles. The van der Waals surface area contributed by atoms with Crippen LogP contribution < -0.4 is 4.90 Å². The molecule has 1 aromatic rings. The smallest absolute Gasteiger partial charge is 0.327 e. The number of thiocarbonyl (C=S) groups is 1. The van der Waals surface area contributed by atoms with Crippen molar-refractivity contribution in [1.82, 2.24) is 4.90 Å². The van der Waals surface area contributed by atoms with Crippen LogP contribution in [0.4, 0.5) is 5.69 Å². The van der Waals surface area contributed by atoms with Gasteiger partial charge in [-0.15, -0.1) is 0 Å². The number of fused-ring (bicyclic) bond motifs is 1. The highest BCUT2D eigenvalue weighted by Crippen LogP contribution is 2.45. The maximum absolute atomic E-state index is 13.0.